The van der Waals surface area contributed by atoms with Gasteiger partial charge in [-0.2, -0.15) is 0 Å². The molecule has 0 spiro atoms. The van der Waals surface area contributed by atoms with Crippen LogP contribution in [0.2, 0.25) is 10.0 Å². The van der Waals surface area contributed by atoms with Gasteiger partial charge in [0.1, 0.15) is 0 Å². The number of carbonyl (C=O) groups excluding carboxylic acids is 1. The fourth-order valence-electron chi connectivity index (χ4n) is 1.59. The SMILES string of the molecule is CC(C)C(O)CC(=O)NCC(O)c1ccc(Cl)cc1Cl. The third-order valence-electron chi connectivity index (χ3n) is 2.98. The lowest BCUT2D eigenvalue weighted by atomic mass is 10.0. The molecule has 1 aromatic rings. The Kier molecular flexibility index (Phi) is 6.76. The second-order valence-electron chi connectivity index (χ2n) is 5.00. The average molecular weight is 320 g/mol. The van der Waals surface area contributed by atoms with Crippen LogP contribution < -0.4 is 5.32 Å². The van der Waals surface area contributed by atoms with Crippen LogP contribution in [0.4, 0.5) is 0 Å². The predicted molar refractivity (Wildman–Crippen MR) is 79.9 cm³/mol. The minimum Gasteiger partial charge on any atom is -0.392 e. The number of aliphatic hydroxyl groups excluding tert-OH is 2. The first-order chi connectivity index (χ1) is 9.31. The number of amides is 1. The number of hydrogen-bond donors (Lipinski definition) is 3. The first-order valence-corrected chi connectivity index (χ1v) is 7.14. The molecule has 20 heavy (non-hydrogen) atoms. The smallest absolute Gasteiger partial charge is 0.222 e. The summed E-state index contributed by atoms with van der Waals surface area (Å²) in [7, 11) is 0. The minimum atomic E-state index is -0.917. The molecule has 0 saturated carbocycles. The van der Waals surface area contributed by atoms with Gasteiger partial charge >= 0.3 is 0 Å². The maximum absolute atomic E-state index is 11.6. The summed E-state index contributed by atoms with van der Waals surface area (Å²) in [5.41, 5.74) is 0.501. The third-order valence-corrected chi connectivity index (χ3v) is 3.54. The molecule has 6 heteroatoms. The van der Waals surface area contributed by atoms with Crippen LogP contribution in [0, 0.1) is 5.92 Å². The van der Waals surface area contributed by atoms with E-state index in [-0.39, 0.29) is 24.8 Å². The van der Waals surface area contributed by atoms with Crippen LogP contribution in [0.1, 0.15) is 31.9 Å². The van der Waals surface area contributed by atoms with Crippen molar-refractivity contribution in [3.05, 3.63) is 33.8 Å². The second kappa shape index (κ2) is 7.84. The molecule has 4 nitrogen and oxygen atoms in total. The highest BCUT2D eigenvalue weighted by Crippen LogP contribution is 2.25. The Bertz CT molecular complexity index is 466. The number of carbonyl (C=O) groups is 1. The maximum Gasteiger partial charge on any atom is 0.222 e. The van der Waals surface area contributed by atoms with Gasteiger partial charge in [0, 0.05) is 22.2 Å². The molecule has 2 unspecified atom stereocenters. The summed E-state index contributed by atoms with van der Waals surface area (Å²) >= 11 is 11.7. The minimum absolute atomic E-state index is 0.0105. The third kappa shape index (κ3) is 5.29. The summed E-state index contributed by atoms with van der Waals surface area (Å²) in [6.07, 6.45) is -1.59. The summed E-state index contributed by atoms with van der Waals surface area (Å²) < 4.78 is 0. The number of aliphatic hydroxyl groups is 2. The Morgan fingerprint density at radius 2 is 1.95 bits per heavy atom. The van der Waals surface area contributed by atoms with E-state index < -0.39 is 12.2 Å². The Morgan fingerprint density at radius 3 is 2.50 bits per heavy atom. The Morgan fingerprint density at radius 1 is 1.30 bits per heavy atom. The van der Waals surface area contributed by atoms with Gasteiger partial charge in [0.25, 0.3) is 0 Å². The molecule has 1 rings (SSSR count). The molecule has 0 radical (unpaired) electrons. The van der Waals surface area contributed by atoms with E-state index in [0.717, 1.165) is 0 Å². The van der Waals surface area contributed by atoms with Gasteiger partial charge in [-0.3, -0.25) is 4.79 Å². The van der Waals surface area contributed by atoms with Gasteiger partial charge in [-0.15, -0.1) is 0 Å². The molecule has 0 bridgehead atoms. The van der Waals surface area contributed by atoms with Crippen LogP contribution in [0.15, 0.2) is 18.2 Å². The topological polar surface area (TPSA) is 69.6 Å². The van der Waals surface area contributed by atoms with Crippen molar-refractivity contribution in [2.24, 2.45) is 5.92 Å². The molecule has 0 aromatic heterocycles. The molecule has 0 fully saturated rings. The zero-order chi connectivity index (χ0) is 15.3. The Labute approximate surface area is 128 Å². The molecule has 0 aliphatic rings. The summed E-state index contributed by atoms with van der Waals surface area (Å²) in [5.74, 6) is -0.299. The number of nitrogens with one attached hydrogen (secondary N) is 1. The summed E-state index contributed by atoms with van der Waals surface area (Å²) in [6, 6.07) is 4.77. The zero-order valence-corrected chi connectivity index (χ0v) is 12.9. The number of benzene rings is 1. The Hall–Kier alpha value is -0.810. The fourth-order valence-corrected chi connectivity index (χ4v) is 2.12. The summed E-state index contributed by atoms with van der Waals surface area (Å²) in [4.78, 5) is 11.6. The maximum atomic E-state index is 11.6. The highest BCUT2D eigenvalue weighted by atomic mass is 35.5. The van der Waals surface area contributed by atoms with E-state index in [2.05, 4.69) is 5.32 Å². The molecule has 0 aliphatic carbocycles. The van der Waals surface area contributed by atoms with E-state index >= 15 is 0 Å². The lowest BCUT2D eigenvalue weighted by Crippen LogP contribution is -2.32. The molecule has 0 aliphatic heterocycles. The van der Waals surface area contributed by atoms with Gasteiger partial charge < -0.3 is 15.5 Å². The second-order valence-corrected chi connectivity index (χ2v) is 5.84. The van der Waals surface area contributed by atoms with Gasteiger partial charge in [0.15, 0.2) is 0 Å². The van der Waals surface area contributed by atoms with Crippen molar-refractivity contribution in [3.63, 3.8) is 0 Å². The average Bonchev–Trinajstić information content (AvgIpc) is 2.35. The number of hydrogen-bond acceptors (Lipinski definition) is 3. The molecule has 0 heterocycles. The molecule has 0 saturated heterocycles. The van der Waals surface area contributed by atoms with E-state index in [1.54, 1.807) is 12.1 Å². The van der Waals surface area contributed by atoms with Gasteiger partial charge in [-0.1, -0.05) is 43.1 Å². The van der Waals surface area contributed by atoms with Gasteiger partial charge in [-0.25, -0.2) is 0 Å². The Balaban J connectivity index is 2.50. The quantitative estimate of drug-likeness (QED) is 0.754. The van der Waals surface area contributed by atoms with Crippen LogP contribution in [0.25, 0.3) is 0 Å². The van der Waals surface area contributed by atoms with E-state index in [4.69, 9.17) is 23.2 Å². The normalized spacial score (nSPS) is 14.2. The van der Waals surface area contributed by atoms with Gasteiger partial charge in [0.2, 0.25) is 5.91 Å². The van der Waals surface area contributed by atoms with E-state index in [1.807, 2.05) is 13.8 Å². The highest BCUT2D eigenvalue weighted by Gasteiger charge is 2.16. The highest BCUT2D eigenvalue weighted by molar-refractivity contribution is 6.35. The number of halogens is 2. The lowest BCUT2D eigenvalue weighted by Gasteiger charge is -2.16. The van der Waals surface area contributed by atoms with Crippen LogP contribution in [-0.2, 0) is 4.79 Å². The molecule has 112 valence electrons. The summed E-state index contributed by atoms with van der Waals surface area (Å²) in [5, 5.41) is 23.0. The summed E-state index contributed by atoms with van der Waals surface area (Å²) in [6.45, 7) is 3.70. The van der Waals surface area contributed by atoms with Crippen molar-refractivity contribution >= 4 is 29.1 Å². The monoisotopic (exact) mass is 319 g/mol. The molecular formula is C14H19Cl2NO3. The molecule has 3 N–H and O–H groups in total. The largest absolute Gasteiger partial charge is 0.392 e. The molecule has 2 atom stereocenters. The fraction of sp³-hybridized carbons (Fsp3) is 0.500. The van der Waals surface area contributed by atoms with Crippen molar-refractivity contribution in [2.75, 3.05) is 6.54 Å². The molecular weight excluding hydrogens is 301 g/mol. The van der Waals surface area contributed by atoms with E-state index in [0.29, 0.717) is 15.6 Å². The van der Waals surface area contributed by atoms with Crippen LogP contribution in [-0.4, -0.2) is 28.8 Å². The predicted octanol–water partition coefficient (Wildman–Crippen LogP) is 2.55. The molecule has 1 aromatic carbocycles. The van der Waals surface area contributed by atoms with Crippen molar-refractivity contribution in [2.45, 2.75) is 32.5 Å². The van der Waals surface area contributed by atoms with Crippen molar-refractivity contribution in [1.29, 1.82) is 0 Å². The van der Waals surface area contributed by atoms with Gasteiger partial charge in [0.05, 0.1) is 18.6 Å². The first-order valence-electron chi connectivity index (χ1n) is 6.39. The van der Waals surface area contributed by atoms with Crippen molar-refractivity contribution < 1.29 is 15.0 Å². The van der Waals surface area contributed by atoms with E-state index in [1.165, 1.54) is 6.07 Å². The van der Waals surface area contributed by atoms with Crippen molar-refractivity contribution in [1.82, 2.24) is 5.32 Å². The number of rotatable bonds is 6. The first kappa shape index (κ1) is 17.2. The van der Waals surface area contributed by atoms with Crippen LogP contribution in [0.5, 0.6) is 0 Å². The van der Waals surface area contributed by atoms with Crippen molar-refractivity contribution in [3.8, 4) is 0 Å². The lowest BCUT2D eigenvalue weighted by molar-refractivity contribution is -0.124. The van der Waals surface area contributed by atoms with Crippen LogP contribution in [0.3, 0.4) is 0 Å². The zero-order valence-electron chi connectivity index (χ0n) is 11.4. The standard InChI is InChI=1S/C14H19Cl2NO3/c1-8(2)12(18)6-14(20)17-7-13(19)10-4-3-9(15)5-11(10)16/h3-5,8,12-13,18-19H,6-7H2,1-2H3,(H,17,20). The molecule has 1 amide bonds. The van der Waals surface area contributed by atoms with E-state index in [9.17, 15) is 15.0 Å². The van der Waals surface area contributed by atoms with Crippen LogP contribution >= 0.6 is 23.2 Å². The van der Waals surface area contributed by atoms with Gasteiger partial charge in [-0.05, 0) is 18.1 Å².